The van der Waals surface area contributed by atoms with E-state index in [9.17, 15) is 4.79 Å². The standard InChI is InChI=1S/C15H21NO2/c1-4-9-15(2,3)16-18-13-10-11-7-5-6-8-12(11)14(13)17/h5-8,13,16H,4,9-10H2,1-3H3. The summed E-state index contributed by atoms with van der Waals surface area (Å²) in [5.74, 6) is 0.0883. The van der Waals surface area contributed by atoms with E-state index in [-0.39, 0.29) is 17.4 Å². The quantitative estimate of drug-likeness (QED) is 0.813. The van der Waals surface area contributed by atoms with Crippen LogP contribution in [0.3, 0.4) is 0 Å². The third-order valence-electron chi connectivity index (χ3n) is 3.33. The monoisotopic (exact) mass is 247 g/mol. The summed E-state index contributed by atoms with van der Waals surface area (Å²) in [7, 11) is 0. The Balaban J connectivity index is 1.96. The van der Waals surface area contributed by atoms with Gasteiger partial charge in [-0.05, 0) is 25.8 Å². The maximum Gasteiger partial charge on any atom is 0.194 e. The molecule has 0 bridgehead atoms. The highest BCUT2D eigenvalue weighted by Gasteiger charge is 2.32. The lowest BCUT2D eigenvalue weighted by Crippen LogP contribution is -2.42. The zero-order chi connectivity index (χ0) is 13.2. The third kappa shape index (κ3) is 2.79. The number of hydrogen-bond donors (Lipinski definition) is 1. The molecule has 0 fully saturated rings. The number of Topliss-reactive ketones (excluding diaryl/α,β-unsaturated/α-hetero) is 1. The normalized spacial score (nSPS) is 19.1. The number of rotatable bonds is 5. The Bertz CT molecular complexity index is 440. The lowest BCUT2D eigenvalue weighted by atomic mass is 10.0. The van der Waals surface area contributed by atoms with Crippen molar-refractivity contribution < 1.29 is 9.63 Å². The van der Waals surface area contributed by atoms with Crippen molar-refractivity contribution in [3.05, 3.63) is 35.4 Å². The van der Waals surface area contributed by atoms with E-state index in [2.05, 4.69) is 26.3 Å². The van der Waals surface area contributed by atoms with Crippen LogP contribution < -0.4 is 5.48 Å². The summed E-state index contributed by atoms with van der Waals surface area (Å²) in [6, 6.07) is 7.72. The first-order valence-electron chi connectivity index (χ1n) is 6.58. The molecule has 18 heavy (non-hydrogen) atoms. The molecule has 1 unspecified atom stereocenters. The van der Waals surface area contributed by atoms with E-state index in [0.29, 0.717) is 6.42 Å². The van der Waals surface area contributed by atoms with Crippen molar-refractivity contribution >= 4 is 5.78 Å². The van der Waals surface area contributed by atoms with Crippen molar-refractivity contribution in [2.45, 2.75) is 51.7 Å². The van der Waals surface area contributed by atoms with Gasteiger partial charge >= 0.3 is 0 Å². The largest absolute Gasteiger partial charge is 0.291 e. The number of fused-ring (bicyclic) bond motifs is 1. The molecule has 0 spiro atoms. The molecule has 0 amide bonds. The van der Waals surface area contributed by atoms with Crippen molar-refractivity contribution in [1.82, 2.24) is 5.48 Å². The summed E-state index contributed by atoms with van der Waals surface area (Å²) in [5, 5.41) is 0. The number of nitrogens with one attached hydrogen (secondary N) is 1. The lowest BCUT2D eigenvalue weighted by Gasteiger charge is -2.26. The van der Waals surface area contributed by atoms with E-state index in [1.165, 1.54) is 0 Å². The molecular weight excluding hydrogens is 226 g/mol. The minimum atomic E-state index is -0.376. The summed E-state index contributed by atoms with van der Waals surface area (Å²) in [6.45, 7) is 6.31. The highest BCUT2D eigenvalue weighted by molar-refractivity contribution is 6.03. The first-order chi connectivity index (χ1) is 8.53. The van der Waals surface area contributed by atoms with Crippen LogP contribution in [0.1, 0.15) is 49.5 Å². The number of ketones is 1. The molecule has 1 aromatic rings. The molecule has 1 aromatic carbocycles. The SMILES string of the molecule is CCCC(C)(C)NOC1Cc2ccccc2C1=O. The fraction of sp³-hybridized carbons (Fsp3) is 0.533. The molecule has 0 aromatic heterocycles. The molecule has 1 atom stereocenters. The van der Waals surface area contributed by atoms with Crippen LogP contribution in [0.4, 0.5) is 0 Å². The average molecular weight is 247 g/mol. The van der Waals surface area contributed by atoms with Gasteiger partial charge < -0.3 is 0 Å². The fourth-order valence-electron chi connectivity index (χ4n) is 2.41. The van der Waals surface area contributed by atoms with E-state index in [1.54, 1.807) is 0 Å². The van der Waals surface area contributed by atoms with Crippen LogP contribution in [-0.4, -0.2) is 17.4 Å². The van der Waals surface area contributed by atoms with Gasteiger partial charge in [0.05, 0.1) is 0 Å². The maximum absolute atomic E-state index is 12.1. The molecule has 1 N–H and O–H groups in total. The van der Waals surface area contributed by atoms with Gasteiger partial charge in [0.25, 0.3) is 0 Å². The lowest BCUT2D eigenvalue weighted by molar-refractivity contribution is -0.0500. The molecule has 0 heterocycles. The van der Waals surface area contributed by atoms with Crippen LogP contribution in [0, 0.1) is 0 Å². The van der Waals surface area contributed by atoms with Gasteiger partial charge in [-0.3, -0.25) is 9.63 Å². The Labute approximate surface area is 108 Å². The second-order valence-corrected chi connectivity index (χ2v) is 5.57. The van der Waals surface area contributed by atoms with E-state index in [4.69, 9.17) is 4.84 Å². The molecule has 0 aliphatic heterocycles. The fourth-order valence-corrected chi connectivity index (χ4v) is 2.41. The average Bonchev–Trinajstić information content (AvgIpc) is 2.65. The van der Waals surface area contributed by atoms with Crippen molar-refractivity contribution in [3.63, 3.8) is 0 Å². The molecule has 1 aliphatic carbocycles. The number of carbonyl (C=O) groups excluding carboxylic acids is 1. The van der Waals surface area contributed by atoms with Crippen LogP contribution in [0.2, 0.25) is 0 Å². The Morgan fingerprint density at radius 1 is 1.39 bits per heavy atom. The zero-order valence-corrected chi connectivity index (χ0v) is 11.3. The van der Waals surface area contributed by atoms with E-state index >= 15 is 0 Å². The first kappa shape index (κ1) is 13.2. The van der Waals surface area contributed by atoms with E-state index in [1.807, 2.05) is 24.3 Å². The molecule has 3 heteroatoms. The molecule has 98 valence electrons. The molecular formula is C15H21NO2. The van der Waals surface area contributed by atoms with Gasteiger partial charge in [0, 0.05) is 17.5 Å². The van der Waals surface area contributed by atoms with E-state index in [0.717, 1.165) is 24.0 Å². The van der Waals surface area contributed by atoms with E-state index < -0.39 is 0 Å². The Morgan fingerprint density at radius 3 is 2.78 bits per heavy atom. The van der Waals surface area contributed by atoms with Crippen LogP contribution >= 0.6 is 0 Å². The molecule has 0 saturated carbocycles. The Morgan fingerprint density at radius 2 is 2.11 bits per heavy atom. The predicted molar refractivity (Wildman–Crippen MR) is 71.5 cm³/mol. The third-order valence-corrected chi connectivity index (χ3v) is 3.33. The van der Waals surface area contributed by atoms with Crippen molar-refractivity contribution in [3.8, 4) is 0 Å². The molecule has 0 radical (unpaired) electrons. The molecule has 3 nitrogen and oxygen atoms in total. The second kappa shape index (κ2) is 5.21. The highest BCUT2D eigenvalue weighted by Crippen LogP contribution is 2.24. The second-order valence-electron chi connectivity index (χ2n) is 5.57. The Kier molecular flexibility index (Phi) is 3.83. The van der Waals surface area contributed by atoms with Crippen LogP contribution in [0.25, 0.3) is 0 Å². The summed E-state index contributed by atoms with van der Waals surface area (Å²) in [6.07, 6.45) is 2.39. The number of benzene rings is 1. The van der Waals surface area contributed by atoms with Gasteiger partial charge in [0.1, 0.15) is 6.10 Å². The number of carbonyl (C=O) groups is 1. The van der Waals surface area contributed by atoms with Gasteiger partial charge in [0.15, 0.2) is 5.78 Å². The Hall–Kier alpha value is -1.19. The molecule has 2 rings (SSSR count). The summed E-state index contributed by atoms with van der Waals surface area (Å²) < 4.78 is 0. The molecule has 0 saturated heterocycles. The highest BCUT2D eigenvalue weighted by atomic mass is 16.7. The van der Waals surface area contributed by atoms with Crippen molar-refractivity contribution in [1.29, 1.82) is 0 Å². The predicted octanol–water partition coefficient (Wildman–Crippen LogP) is 2.89. The minimum absolute atomic E-state index is 0.0883. The van der Waals surface area contributed by atoms with Gasteiger partial charge in [-0.1, -0.05) is 37.6 Å². The summed E-state index contributed by atoms with van der Waals surface area (Å²) >= 11 is 0. The zero-order valence-electron chi connectivity index (χ0n) is 11.3. The summed E-state index contributed by atoms with van der Waals surface area (Å²) in [5.41, 5.74) is 4.84. The number of hydrogen-bond acceptors (Lipinski definition) is 3. The van der Waals surface area contributed by atoms with Crippen LogP contribution in [-0.2, 0) is 11.3 Å². The first-order valence-corrected chi connectivity index (χ1v) is 6.58. The number of hydroxylamine groups is 1. The van der Waals surface area contributed by atoms with Crippen molar-refractivity contribution in [2.24, 2.45) is 0 Å². The van der Waals surface area contributed by atoms with Gasteiger partial charge in [-0.2, -0.15) is 5.48 Å². The van der Waals surface area contributed by atoms with Gasteiger partial charge in [0.2, 0.25) is 0 Å². The van der Waals surface area contributed by atoms with Crippen LogP contribution in [0.5, 0.6) is 0 Å². The topological polar surface area (TPSA) is 38.3 Å². The van der Waals surface area contributed by atoms with Crippen molar-refractivity contribution in [2.75, 3.05) is 0 Å². The van der Waals surface area contributed by atoms with Crippen LogP contribution in [0.15, 0.2) is 24.3 Å². The minimum Gasteiger partial charge on any atom is -0.291 e. The van der Waals surface area contributed by atoms with Gasteiger partial charge in [-0.25, -0.2) is 0 Å². The van der Waals surface area contributed by atoms with Gasteiger partial charge in [-0.15, -0.1) is 0 Å². The molecule has 1 aliphatic rings. The smallest absolute Gasteiger partial charge is 0.194 e. The summed E-state index contributed by atoms with van der Waals surface area (Å²) in [4.78, 5) is 17.7. The maximum atomic E-state index is 12.1.